The van der Waals surface area contributed by atoms with E-state index in [0.717, 1.165) is 52.1 Å². The SMILES string of the molecule is [CH2-]CCN(CC)CC.[CH2-]CCN(CC)CC.[Mg+2]. The minimum Gasteiger partial charge on any atom is -0.342 e. The predicted octanol–water partition coefficient (Wildman–Crippen LogP) is 2.72. The molecular formula is C14H32MgN2. The summed E-state index contributed by atoms with van der Waals surface area (Å²) in [4.78, 5) is 4.74. The third-order valence-corrected chi connectivity index (χ3v) is 2.74. The van der Waals surface area contributed by atoms with Crippen LogP contribution in [-0.2, 0) is 0 Å². The first-order valence-electron chi connectivity index (χ1n) is 6.73. The molecule has 0 spiro atoms. The molecule has 0 bridgehead atoms. The number of hydrogen-bond acceptors (Lipinski definition) is 2. The second-order valence-corrected chi connectivity index (χ2v) is 3.76. The van der Waals surface area contributed by atoms with Crippen LogP contribution in [0.3, 0.4) is 0 Å². The Hall–Kier alpha value is 0.686. The summed E-state index contributed by atoms with van der Waals surface area (Å²) in [5, 5.41) is 0. The monoisotopic (exact) mass is 252 g/mol. The van der Waals surface area contributed by atoms with Crippen molar-refractivity contribution in [3.05, 3.63) is 13.8 Å². The zero-order valence-electron chi connectivity index (χ0n) is 12.7. The molecule has 17 heavy (non-hydrogen) atoms. The van der Waals surface area contributed by atoms with Crippen molar-refractivity contribution in [3.63, 3.8) is 0 Å². The van der Waals surface area contributed by atoms with Gasteiger partial charge in [0.2, 0.25) is 0 Å². The molecule has 0 amide bonds. The smallest absolute Gasteiger partial charge is 0.342 e. The Morgan fingerprint density at radius 3 is 0.941 bits per heavy atom. The second kappa shape index (κ2) is 19.0. The van der Waals surface area contributed by atoms with Gasteiger partial charge in [0.25, 0.3) is 0 Å². The third kappa shape index (κ3) is 16.7. The molecular weight excluding hydrogens is 220 g/mol. The van der Waals surface area contributed by atoms with Crippen molar-refractivity contribution in [2.24, 2.45) is 0 Å². The molecule has 0 rings (SSSR count). The summed E-state index contributed by atoms with van der Waals surface area (Å²) in [5.74, 6) is 0. The molecule has 2 nitrogen and oxygen atoms in total. The molecule has 0 aromatic carbocycles. The minimum atomic E-state index is 0. The molecule has 0 aromatic heterocycles. The Labute approximate surface area is 126 Å². The van der Waals surface area contributed by atoms with Crippen LogP contribution in [0.2, 0.25) is 0 Å². The van der Waals surface area contributed by atoms with Crippen LogP contribution < -0.4 is 0 Å². The molecule has 0 saturated heterocycles. The van der Waals surface area contributed by atoms with Crippen molar-refractivity contribution in [2.45, 2.75) is 40.5 Å². The van der Waals surface area contributed by atoms with Gasteiger partial charge in [0.1, 0.15) is 0 Å². The van der Waals surface area contributed by atoms with E-state index in [9.17, 15) is 0 Å². The van der Waals surface area contributed by atoms with E-state index >= 15 is 0 Å². The van der Waals surface area contributed by atoms with Gasteiger partial charge in [-0.25, -0.2) is 0 Å². The predicted molar refractivity (Wildman–Crippen MR) is 81.3 cm³/mol. The Morgan fingerprint density at radius 1 is 0.647 bits per heavy atom. The summed E-state index contributed by atoms with van der Waals surface area (Å²) in [6.45, 7) is 23.2. The summed E-state index contributed by atoms with van der Waals surface area (Å²) in [6, 6.07) is 0. The average Bonchev–Trinajstić information content (AvgIpc) is 2.33. The molecule has 3 heteroatoms. The van der Waals surface area contributed by atoms with Gasteiger partial charge in [0.05, 0.1) is 0 Å². The Kier molecular flexibility index (Phi) is 25.6. The quantitative estimate of drug-likeness (QED) is 0.484. The fraction of sp³-hybridized carbons (Fsp3) is 0.857. The van der Waals surface area contributed by atoms with E-state index in [1.165, 1.54) is 0 Å². The van der Waals surface area contributed by atoms with Gasteiger partial charge in [-0.05, 0) is 39.3 Å². The van der Waals surface area contributed by atoms with E-state index in [4.69, 9.17) is 0 Å². The zero-order valence-corrected chi connectivity index (χ0v) is 14.1. The molecule has 0 saturated carbocycles. The van der Waals surface area contributed by atoms with Crippen molar-refractivity contribution in [2.75, 3.05) is 39.3 Å². The summed E-state index contributed by atoms with van der Waals surface area (Å²) in [7, 11) is 0. The molecule has 0 fully saturated rings. The van der Waals surface area contributed by atoms with E-state index in [1.807, 2.05) is 0 Å². The topological polar surface area (TPSA) is 6.48 Å². The maximum atomic E-state index is 3.78. The van der Waals surface area contributed by atoms with Crippen molar-refractivity contribution >= 4 is 23.1 Å². The first-order chi connectivity index (χ1) is 7.69. The van der Waals surface area contributed by atoms with Crippen LogP contribution in [0.1, 0.15) is 40.5 Å². The van der Waals surface area contributed by atoms with Gasteiger partial charge < -0.3 is 23.6 Å². The van der Waals surface area contributed by atoms with Crippen LogP contribution in [0.5, 0.6) is 0 Å². The summed E-state index contributed by atoms with van der Waals surface area (Å²) < 4.78 is 0. The second-order valence-electron chi connectivity index (χ2n) is 3.76. The third-order valence-electron chi connectivity index (χ3n) is 2.74. The first-order valence-corrected chi connectivity index (χ1v) is 6.73. The van der Waals surface area contributed by atoms with E-state index in [0.29, 0.717) is 0 Å². The van der Waals surface area contributed by atoms with Crippen molar-refractivity contribution in [1.82, 2.24) is 9.80 Å². The zero-order chi connectivity index (χ0) is 12.8. The van der Waals surface area contributed by atoms with Gasteiger partial charge >= 0.3 is 23.1 Å². The molecule has 0 heterocycles. The van der Waals surface area contributed by atoms with Crippen LogP contribution >= 0.6 is 0 Å². The van der Waals surface area contributed by atoms with Crippen LogP contribution in [0.15, 0.2) is 0 Å². The molecule has 0 aliphatic rings. The number of rotatable bonds is 8. The van der Waals surface area contributed by atoms with Gasteiger partial charge in [0.15, 0.2) is 0 Å². The standard InChI is InChI=1S/2C7H16N.Mg/c2*1-4-7-8(5-2)6-3;/h2*1,4-7H2,2-3H3;/q2*-1;+2. The van der Waals surface area contributed by atoms with Gasteiger partial charge in [-0.2, -0.15) is 12.8 Å². The van der Waals surface area contributed by atoms with E-state index in [2.05, 4.69) is 51.3 Å². The van der Waals surface area contributed by atoms with Crippen LogP contribution in [0.25, 0.3) is 0 Å². The maximum Gasteiger partial charge on any atom is 2.00 e. The van der Waals surface area contributed by atoms with E-state index < -0.39 is 0 Å². The van der Waals surface area contributed by atoms with Gasteiger partial charge in [-0.1, -0.05) is 27.7 Å². The summed E-state index contributed by atoms with van der Waals surface area (Å²) >= 11 is 0. The maximum absolute atomic E-state index is 3.78. The van der Waals surface area contributed by atoms with Crippen molar-refractivity contribution < 1.29 is 0 Å². The Bertz CT molecular complexity index is 98.8. The molecule has 0 atom stereocenters. The van der Waals surface area contributed by atoms with Crippen LogP contribution in [0.4, 0.5) is 0 Å². The largest absolute Gasteiger partial charge is 2.00 e. The first kappa shape index (κ1) is 22.8. The fourth-order valence-electron chi connectivity index (χ4n) is 1.53. The number of nitrogens with zero attached hydrogens (tertiary/aromatic N) is 2. The molecule has 0 radical (unpaired) electrons. The van der Waals surface area contributed by atoms with Crippen LogP contribution in [0, 0.1) is 13.8 Å². The van der Waals surface area contributed by atoms with Crippen molar-refractivity contribution in [3.8, 4) is 0 Å². The summed E-state index contributed by atoms with van der Waals surface area (Å²) in [5.41, 5.74) is 0. The average molecular weight is 253 g/mol. The van der Waals surface area contributed by atoms with E-state index in [1.54, 1.807) is 0 Å². The Morgan fingerprint density at radius 2 is 0.882 bits per heavy atom. The van der Waals surface area contributed by atoms with Gasteiger partial charge in [-0.15, -0.1) is 0 Å². The molecule has 0 unspecified atom stereocenters. The van der Waals surface area contributed by atoms with E-state index in [-0.39, 0.29) is 23.1 Å². The minimum absolute atomic E-state index is 0. The molecule has 100 valence electrons. The molecule has 0 aromatic rings. The van der Waals surface area contributed by atoms with Crippen molar-refractivity contribution in [1.29, 1.82) is 0 Å². The van der Waals surface area contributed by atoms with Gasteiger partial charge in [0, 0.05) is 0 Å². The normalized spacial score (nSPS) is 9.88. The molecule has 0 aliphatic heterocycles. The number of hydrogen-bond donors (Lipinski definition) is 0. The summed E-state index contributed by atoms with van der Waals surface area (Å²) in [6.07, 6.45) is 2.06. The Balaban J connectivity index is -0.000000218. The molecule has 0 N–H and O–H groups in total. The molecule has 0 aliphatic carbocycles. The van der Waals surface area contributed by atoms with Crippen LogP contribution in [-0.4, -0.2) is 72.1 Å². The van der Waals surface area contributed by atoms with Gasteiger partial charge in [-0.3, -0.25) is 0 Å². The fourth-order valence-corrected chi connectivity index (χ4v) is 1.53.